The lowest BCUT2D eigenvalue weighted by Gasteiger charge is -2.16. The maximum Gasteiger partial charge on any atom is 0.240 e. The van der Waals surface area contributed by atoms with E-state index in [1.165, 1.54) is 0 Å². The molecule has 0 bridgehead atoms. The minimum absolute atomic E-state index is 0.197. The molecule has 1 aromatic heterocycles. The molecule has 2 rings (SSSR count). The van der Waals surface area contributed by atoms with Gasteiger partial charge in [-0.25, -0.2) is 0 Å². The number of rotatable bonds is 11. The number of benzene rings is 1. The van der Waals surface area contributed by atoms with E-state index in [4.69, 9.17) is 11.5 Å². The number of H-pyrrole nitrogens is 1. The molecule has 8 heteroatoms. The van der Waals surface area contributed by atoms with Gasteiger partial charge in [-0.05, 0) is 43.9 Å². The SMILES string of the molecule is CC(Cc1c[nH]c2ccccc12)C(=O)NCC(=O)NC(CCCCN)C(N)=O. The molecule has 7 N–H and O–H groups in total. The van der Waals surface area contributed by atoms with E-state index in [1.54, 1.807) is 0 Å². The topological polar surface area (TPSA) is 143 Å². The summed E-state index contributed by atoms with van der Waals surface area (Å²) >= 11 is 0. The Labute approximate surface area is 164 Å². The quantitative estimate of drug-likeness (QED) is 0.359. The maximum absolute atomic E-state index is 12.3. The van der Waals surface area contributed by atoms with Gasteiger partial charge in [-0.3, -0.25) is 14.4 Å². The second-order valence-electron chi connectivity index (χ2n) is 6.99. The number of carbonyl (C=O) groups excluding carboxylic acids is 3. The van der Waals surface area contributed by atoms with E-state index in [1.807, 2.05) is 37.4 Å². The van der Waals surface area contributed by atoms with Gasteiger partial charge in [-0.1, -0.05) is 25.1 Å². The number of hydrogen-bond acceptors (Lipinski definition) is 4. The Bertz CT molecular complexity index is 817. The van der Waals surface area contributed by atoms with E-state index in [0.29, 0.717) is 25.8 Å². The van der Waals surface area contributed by atoms with Crippen LogP contribution in [0.15, 0.2) is 30.5 Å². The number of hydrogen-bond donors (Lipinski definition) is 5. The summed E-state index contributed by atoms with van der Waals surface area (Å²) < 4.78 is 0. The van der Waals surface area contributed by atoms with Crippen molar-refractivity contribution in [1.29, 1.82) is 0 Å². The van der Waals surface area contributed by atoms with E-state index < -0.39 is 17.9 Å². The van der Waals surface area contributed by atoms with Gasteiger partial charge in [-0.15, -0.1) is 0 Å². The average Bonchev–Trinajstić information content (AvgIpc) is 3.08. The van der Waals surface area contributed by atoms with Crippen LogP contribution in [0.2, 0.25) is 0 Å². The molecule has 3 amide bonds. The van der Waals surface area contributed by atoms with Crippen LogP contribution >= 0.6 is 0 Å². The largest absolute Gasteiger partial charge is 0.368 e. The fourth-order valence-corrected chi connectivity index (χ4v) is 3.09. The smallest absolute Gasteiger partial charge is 0.240 e. The highest BCUT2D eigenvalue weighted by molar-refractivity contribution is 5.90. The highest BCUT2D eigenvalue weighted by atomic mass is 16.2. The Balaban J connectivity index is 1.81. The Morgan fingerprint density at radius 1 is 1.18 bits per heavy atom. The maximum atomic E-state index is 12.3. The Kier molecular flexibility index (Phi) is 8.01. The molecule has 8 nitrogen and oxygen atoms in total. The molecule has 1 heterocycles. The normalized spacial score (nSPS) is 13.1. The average molecular weight is 387 g/mol. The van der Waals surface area contributed by atoms with Crippen molar-refractivity contribution in [2.24, 2.45) is 17.4 Å². The van der Waals surface area contributed by atoms with Crippen molar-refractivity contribution < 1.29 is 14.4 Å². The lowest BCUT2D eigenvalue weighted by molar-refractivity contribution is -0.129. The van der Waals surface area contributed by atoms with Crippen LogP contribution in [0.1, 0.15) is 31.7 Å². The summed E-state index contributed by atoms with van der Waals surface area (Å²) in [6.45, 7) is 2.13. The first-order valence-electron chi connectivity index (χ1n) is 9.53. The Morgan fingerprint density at radius 2 is 1.93 bits per heavy atom. The van der Waals surface area contributed by atoms with Gasteiger partial charge in [0.05, 0.1) is 6.54 Å². The third-order valence-corrected chi connectivity index (χ3v) is 4.70. The molecule has 0 fully saturated rings. The summed E-state index contributed by atoms with van der Waals surface area (Å²) in [7, 11) is 0. The summed E-state index contributed by atoms with van der Waals surface area (Å²) in [6, 6.07) is 7.15. The predicted octanol–water partition coefficient (Wildman–Crippen LogP) is 0.562. The molecular formula is C20H29N5O3. The van der Waals surface area contributed by atoms with E-state index in [-0.39, 0.29) is 18.4 Å². The van der Waals surface area contributed by atoms with Gasteiger partial charge in [0.2, 0.25) is 17.7 Å². The molecule has 2 unspecified atom stereocenters. The fourth-order valence-electron chi connectivity index (χ4n) is 3.09. The lowest BCUT2D eigenvalue weighted by Crippen LogP contribution is -2.48. The first-order chi connectivity index (χ1) is 13.4. The summed E-state index contributed by atoms with van der Waals surface area (Å²) in [5.74, 6) is -1.56. The molecular weight excluding hydrogens is 358 g/mol. The highest BCUT2D eigenvalue weighted by Gasteiger charge is 2.20. The highest BCUT2D eigenvalue weighted by Crippen LogP contribution is 2.20. The zero-order valence-electron chi connectivity index (χ0n) is 16.2. The zero-order valence-corrected chi connectivity index (χ0v) is 16.2. The standard InChI is InChI=1S/C20H29N5O3/c1-13(10-14-11-23-16-7-3-2-6-15(14)16)20(28)24-12-18(26)25-17(19(22)27)8-4-5-9-21/h2-3,6-7,11,13,17,23H,4-5,8-10,12,21H2,1H3,(H2,22,27)(H,24,28)(H,25,26). The van der Waals surface area contributed by atoms with Crippen molar-refractivity contribution in [1.82, 2.24) is 15.6 Å². The number of fused-ring (bicyclic) bond motifs is 1. The van der Waals surface area contributed by atoms with E-state index >= 15 is 0 Å². The van der Waals surface area contributed by atoms with Crippen LogP contribution in [0, 0.1) is 5.92 Å². The first-order valence-corrected chi connectivity index (χ1v) is 9.53. The van der Waals surface area contributed by atoms with Crippen molar-refractivity contribution in [2.75, 3.05) is 13.1 Å². The minimum atomic E-state index is -0.750. The first kappa shape index (κ1) is 21.4. The number of aromatic amines is 1. The number of unbranched alkanes of at least 4 members (excludes halogenated alkanes) is 1. The van der Waals surface area contributed by atoms with Crippen molar-refractivity contribution >= 4 is 28.6 Å². The van der Waals surface area contributed by atoms with Crippen LogP contribution in [-0.2, 0) is 20.8 Å². The lowest BCUT2D eigenvalue weighted by atomic mass is 10.00. The van der Waals surface area contributed by atoms with Crippen molar-refractivity contribution in [2.45, 2.75) is 38.6 Å². The van der Waals surface area contributed by atoms with Gasteiger partial charge < -0.3 is 27.1 Å². The zero-order chi connectivity index (χ0) is 20.5. The molecule has 0 aliphatic rings. The van der Waals surface area contributed by atoms with Crippen LogP contribution in [0.3, 0.4) is 0 Å². The summed E-state index contributed by atoms with van der Waals surface area (Å²) in [5, 5.41) is 6.27. The number of amides is 3. The van der Waals surface area contributed by atoms with E-state index in [0.717, 1.165) is 22.9 Å². The van der Waals surface area contributed by atoms with Crippen LogP contribution in [-0.4, -0.2) is 41.8 Å². The number of aromatic nitrogens is 1. The molecule has 0 aliphatic carbocycles. The summed E-state index contributed by atoms with van der Waals surface area (Å²) in [5.41, 5.74) is 12.8. The van der Waals surface area contributed by atoms with E-state index in [9.17, 15) is 14.4 Å². The molecule has 28 heavy (non-hydrogen) atoms. The van der Waals surface area contributed by atoms with Gasteiger partial charge in [0.25, 0.3) is 0 Å². The second-order valence-corrected chi connectivity index (χ2v) is 6.99. The van der Waals surface area contributed by atoms with Crippen molar-refractivity contribution in [3.63, 3.8) is 0 Å². The number of primary amides is 1. The third kappa shape index (κ3) is 6.09. The summed E-state index contributed by atoms with van der Waals surface area (Å²) in [4.78, 5) is 39.0. The molecule has 2 aromatic rings. The molecule has 0 saturated carbocycles. The molecule has 0 spiro atoms. The molecule has 1 aromatic carbocycles. The second kappa shape index (κ2) is 10.5. The summed E-state index contributed by atoms with van der Waals surface area (Å²) in [6.07, 6.45) is 4.34. The predicted molar refractivity (Wildman–Crippen MR) is 108 cm³/mol. The Hall–Kier alpha value is -2.87. The van der Waals surface area contributed by atoms with Crippen LogP contribution in [0.25, 0.3) is 10.9 Å². The molecule has 0 radical (unpaired) electrons. The monoisotopic (exact) mass is 387 g/mol. The van der Waals surface area contributed by atoms with Crippen molar-refractivity contribution in [3.05, 3.63) is 36.0 Å². The molecule has 0 aliphatic heterocycles. The minimum Gasteiger partial charge on any atom is -0.368 e. The van der Waals surface area contributed by atoms with Gasteiger partial charge in [0.15, 0.2) is 0 Å². The Morgan fingerprint density at radius 3 is 2.64 bits per heavy atom. The van der Waals surface area contributed by atoms with Crippen molar-refractivity contribution in [3.8, 4) is 0 Å². The number of nitrogens with two attached hydrogens (primary N) is 2. The van der Waals surface area contributed by atoms with Gasteiger partial charge in [0, 0.05) is 23.0 Å². The number of nitrogens with one attached hydrogen (secondary N) is 3. The molecule has 2 atom stereocenters. The molecule has 0 saturated heterocycles. The van der Waals surface area contributed by atoms with E-state index in [2.05, 4.69) is 15.6 Å². The third-order valence-electron chi connectivity index (χ3n) is 4.70. The molecule has 152 valence electrons. The fraction of sp³-hybridized carbons (Fsp3) is 0.450. The van der Waals surface area contributed by atoms with Gasteiger partial charge in [0.1, 0.15) is 6.04 Å². The van der Waals surface area contributed by atoms with Crippen LogP contribution in [0.4, 0.5) is 0 Å². The van der Waals surface area contributed by atoms with Crippen LogP contribution < -0.4 is 22.1 Å². The van der Waals surface area contributed by atoms with Gasteiger partial charge in [-0.2, -0.15) is 0 Å². The number of carbonyl (C=O) groups is 3. The van der Waals surface area contributed by atoms with Gasteiger partial charge >= 0.3 is 0 Å². The van der Waals surface area contributed by atoms with Crippen LogP contribution in [0.5, 0.6) is 0 Å². The number of para-hydroxylation sites is 1.